The second-order valence-electron chi connectivity index (χ2n) is 5.36. The van der Waals surface area contributed by atoms with E-state index in [0.29, 0.717) is 24.2 Å². The van der Waals surface area contributed by atoms with Crippen molar-refractivity contribution >= 4 is 15.9 Å². The summed E-state index contributed by atoms with van der Waals surface area (Å²) in [6, 6.07) is 8.10. The quantitative estimate of drug-likeness (QED) is 0.931. The van der Waals surface area contributed by atoms with Crippen LogP contribution in [0.1, 0.15) is 12.8 Å². The summed E-state index contributed by atoms with van der Waals surface area (Å²) in [5.74, 6) is 1.78. The molecule has 0 spiro atoms. The number of hydrogen-bond acceptors (Lipinski definition) is 5. The number of nitrogens with two attached hydrogens (primary N) is 1. The first-order valence-electron chi connectivity index (χ1n) is 6.68. The molecule has 2 unspecified atom stereocenters. The Bertz CT molecular complexity index is 590. The first kappa shape index (κ1) is 13.7. The van der Waals surface area contributed by atoms with Crippen LogP contribution in [0.15, 0.2) is 33.3 Å². The van der Waals surface area contributed by atoms with E-state index >= 15 is 0 Å². The number of rotatable bonds is 3. The summed E-state index contributed by atoms with van der Waals surface area (Å²) in [7, 11) is 0. The fourth-order valence-corrected chi connectivity index (χ4v) is 2.88. The van der Waals surface area contributed by atoms with Crippen LogP contribution >= 0.6 is 15.9 Å². The average molecular weight is 337 g/mol. The van der Waals surface area contributed by atoms with Gasteiger partial charge < -0.3 is 10.3 Å². The minimum absolute atomic E-state index is 0.238. The SMILES string of the molecule is CC1CN(Cc2nc(-c3cccc(Br)c3)no2)CC1N. The van der Waals surface area contributed by atoms with Gasteiger partial charge in [-0.2, -0.15) is 4.98 Å². The Kier molecular flexibility index (Phi) is 3.87. The van der Waals surface area contributed by atoms with Crippen molar-refractivity contribution in [2.75, 3.05) is 13.1 Å². The van der Waals surface area contributed by atoms with Crippen LogP contribution in [-0.2, 0) is 6.54 Å². The molecule has 0 bridgehead atoms. The van der Waals surface area contributed by atoms with Gasteiger partial charge >= 0.3 is 0 Å². The second-order valence-corrected chi connectivity index (χ2v) is 6.27. The van der Waals surface area contributed by atoms with Crippen molar-refractivity contribution < 1.29 is 4.52 Å². The monoisotopic (exact) mass is 336 g/mol. The van der Waals surface area contributed by atoms with Crippen LogP contribution < -0.4 is 5.73 Å². The molecule has 0 radical (unpaired) electrons. The molecule has 3 rings (SSSR count). The summed E-state index contributed by atoms with van der Waals surface area (Å²) in [4.78, 5) is 6.71. The third kappa shape index (κ3) is 2.92. The summed E-state index contributed by atoms with van der Waals surface area (Å²) in [6.45, 7) is 4.70. The van der Waals surface area contributed by atoms with Gasteiger partial charge in [-0.15, -0.1) is 0 Å². The van der Waals surface area contributed by atoms with Crippen LogP contribution in [0.25, 0.3) is 11.4 Å². The molecule has 2 aromatic rings. The summed E-state index contributed by atoms with van der Waals surface area (Å²) in [5, 5.41) is 4.04. The zero-order valence-electron chi connectivity index (χ0n) is 11.3. The maximum atomic E-state index is 6.02. The molecule has 20 heavy (non-hydrogen) atoms. The van der Waals surface area contributed by atoms with Crippen molar-refractivity contribution in [1.82, 2.24) is 15.0 Å². The molecule has 2 N–H and O–H groups in total. The van der Waals surface area contributed by atoms with E-state index in [1.54, 1.807) is 0 Å². The highest BCUT2D eigenvalue weighted by Gasteiger charge is 2.27. The largest absolute Gasteiger partial charge is 0.338 e. The number of aromatic nitrogens is 2. The molecule has 0 saturated carbocycles. The van der Waals surface area contributed by atoms with Gasteiger partial charge in [-0.1, -0.05) is 40.1 Å². The van der Waals surface area contributed by atoms with Crippen molar-refractivity contribution in [2.45, 2.75) is 19.5 Å². The Labute approximate surface area is 126 Å². The van der Waals surface area contributed by atoms with Crippen molar-refractivity contribution in [1.29, 1.82) is 0 Å². The van der Waals surface area contributed by atoms with Crippen LogP contribution in [0.2, 0.25) is 0 Å². The molecule has 1 aromatic carbocycles. The zero-order valence-corrected chi connectivity index (χ0v) is 12.9. The Balaban J connectivity index is 1.71. The van der Waals surface area contributed by atoms with E-state index in [0.717, 1.165) is 23.1 Å². The van der Waals surface area contributed by atoms with E-state index in [-0.39, 0.29) is 6.04 Å². The minimum Gasteiger partial charge on any atom is -0.338 e. The first-order chi connectivity index (χ1) is 9.61. The Morgan fingerprint density at radius 2 is 2.30 bits per heavy atom. The number of likely N-dealkylation sites (tertiary alicyclic amines) is 1. The van der Waals surface area contributed by atoms with Crippen LogP contribution in [-0.4, -0.2) is 34.2 Å². The normalized spacial score (nSPS) is 23.4. The van der Waals surface area contributed by atoms with E-state index in [9.17, 15) is 0 Å². The molecule has 5 nitrogen and oxygen atoms in total. The Morgan fingerprint density at radius 3 is 3.00 bits per heavy atom. The lowest BCUT2D eigenvalue weighted by Crippen LogP contribution is -2.28. The van der Waals surface area contributed by atoms with E-state index < -0.39 is 0 Å². The molecule has 2 atom stereocenters. The van der Waals surface area contributed by atoms with Gasteiger partial charge in [0.05, 0.1) is 6.54 Å². The van der Waals surface area contributed by atoms with Crippen LogP contribution in [0, 0.1) is 5.92 Å². The molecule has 106 valence electrons. The molecular formula is C14H17BrN4O. The fraction of sp³-hybridized carbons (Fsp3) is 0.429. The molecule has 0 amide bonds. The topological polar surface area (TPSA) is 68.2 Å². The van der Waals surface area contributed by atoms with Gasteiger partial charge in [-0.05, 0) is 18.1 Å². The molecule has 0 aliphatic carbocycles. The maximum Gasteiger partial charge on any atom is 0.241 e. The number of benzene rings is 1. The average Bonchev–Trinajstić information content (AvgIpc) is 2.98. The number of halogens is 1. The molecule has 1 saturated heterocycles. The number of hydrogen-bond donors (Lipinski definition) is 1. The fourth-order valence-electron chi connectivity index (χ4n) is 2.48. The van der Waals surface area contributed by atoms with Crippen molar-refractivity contribution in [3.63, 3.8) is 0 Å². The molecule has 1 aromatic heterocycles. The van der Waals surface area contributed by atoms with Crippen molar-refractivity contribution in [3.05, 3.63) is 34.6 Å². The van der Waals surface area contributed by atoms with Gasteiger partial charge in [-0.25, -0.2) is 0 Å². The van der Waals surface area contributed by atoms with Gasteiger partial charge in [0.1, 0.15) is 0 Å². The Hall–Kier alpha value is -1.24. The van der Waals surface area contributed by atoms with Gasteiger partial charge in [0, 0.05) is 29.2 Å². The van der Waals surface area contributed by atoms with Gasteiger partial charge in [0.15, 0.2) is 0 Å². The predicted molar refractivity (Wildman–Crippen MR) is 79.9 cm³/mol. The summed E-state index contributed by atoms with van der Waals surface area (Å²) >= 11 is 3.44. The minimum atomic E-state index is 0.238. The standard InChI is InChI=1S/C14H17BrN4O/c1-9-6-19(7-12(9)16)8-13-17-14(18-20-13)10-3-2-4-11(15)5-10/h2-5,9,12H,6-8,16H2,1H3. The summed E-state index contributed by atoms with van der Waals surface area (Å²) in [5.41, 5.74) is 6.97. The van der Waals surface area contributed by atoms with Gasteiger partial charge in [0.2, 0.25) is 11.7 Å². The van der Waals surface area contributed by atoms with E-state index in [4.69, 9.17) is 10.3 Å². The lowest BCUT2D eigenvalue weighted by atomic mass is 10.1. The maximum absolute atomic E-state index is 6.02. The van der Waals surface area contributed by atoms with Crippen LogP contribution in [0.3, 0.4) is 0 Å². The molecule has 1 aliphatic rings. The van der Waals surface area contributed by atoms with E-state index in [1.807, 2.05) is 24.3 Å². The molecular weight excluding hydrogens is 320 g/mol. The number of nitrogens with zero attached hydrogens (tertiary/aromatic N) is 3. The summed E-state index contributed by atoms with van der Waals surface area (Å²) in [6.07, 6.45) is 0. The highest BCUT2D eigenvalue weighted by Crippen LogP contribution is 2.22. The third-order valence-electron chi connectivity index (χ3n) is 3.66. The summed E-state index contributed by atoms with van der Waals surface area (Å²) < 4.78 is 6.33. The lowest BCUT2D eigenvalue weighted by molar-refractivity contribution is 0.261. The van der Waals surface area contributed by atoms with E-state index in [1.165, 1.54) is 0 Å². The van der Waals surface area contributed by atoms with Crippen LogP contribution in [0.4, 0.5) is 0 Å². The molecule has 1 fully saturated rings. The van der Waals surface area contributed by atoms with Gasteiger partial charge in [0.25, 0.3) is 0 Å². The molecule has 6 heteroatoms. The predicted octanol–water partition coefficient (Wildman–Crippen LogP) is 2.28. The molecule has 2 heterocycles. The highest BCUT2D eigenvalue weighted by atomic mass is 79.9. The highest BCUT2D eigenvalue weighted by molar-refractivity contribution is 9.10. The van der Waals surface area contributed by atoms with Crippen molar-refractivity contribution in [2.24, 2.45) is 11.7 Å². The molecule has 1 aliphatic heterocycles. The second kappa shape index (κ2) is 5.63. The van der Waals surface area contributed by atoms with Gasteiger partial charge in [-0.3, -0.25) is 4.90 Å². The smallest absolute Gasteiger partial charge is 0.241 e. The Morgan fingerprint density at radius 1 is 1.45 bits per heavy atom. The van der Waals surface area contributed by atoms with Crippen LogP contribution in [0.5, 0.6) is 0 Å². The first-order valence-corrected chi connectivity index (χ1v) is 7.47. The van der Waals surface area contributed by atoms with Crippen molar-refractivity contribution in [3.8, 4) is 11.4 Å². The third-order valence-corrected chi connectivity index (χ3v) is 4.15. The zero-order chi connectivity index (χ0) is 14.1. The lowest BCUT2D eigenvalue weighted by Gasteiger charge is -2.11. The van der Waals surface area contributed by atoms with E-state index in [2.05, 4.69) is 37.9 Å².